The molecule has 1 heterocycles. The van der Waals surface area contributed by atoms with Crippen molar-refractivity contribution in [2.75, 3.05) is 0 Å². The van der Waals surface area contributed by atoms with Crippen molar-refractivity contribution in [3.05, 3.63) is 0 Å². The molecule has 0 aliphatic carbocycles. The van der Waals surface area contributed by atoms with E-state index in [-0.39, 0.29) is 17.3 Å². The summed E-state index contributed by atoms with van der Waals surface area (Å²) in [6, 6.07) is 0. The quantitative estimate of drug-likeness (QED) is 0.450. The first kappa shape index (κ1) is 5.78. The van der Waals surface area contributed by atoms with Crippen LogP contribution in [0.5, 0.6) is 0 Å². The van der Waals surface area contributed by atoms with Gasteiger partial charge in [0.1, 0.15) is 5.37 Å². The van der Waals surface area contributed by atoms with E-state index >= 15 is 0 Å². The molecular weight excluding hydrogens is 126 g/mol. The van der Waals surface area contributed by atoms with Crippen molar-refractivity contribution in [1.29, 1.82) is 0 Å². The van der Waals surface area contributed by atoms with E-state index in [1.54, 1.807) is 0 Å². The number of thioether (sulfide) groups is 1. The zero-order chi connectivity index (χ0) is 6.15. The molecule has 2 N–H and O–H groups in total. The number of nitrogens with two attached hydrogens (primary N) is 1. The molecule has 1 saturated heterocycles. The van der Waals surface area contributed by atoms with Crippen LogP contribution in [0.2, 0.25) is 0 Å². The van der Waals surface area contributed by atoms with Gasteiger partial charge in [-0.1, -0.05) is 11.8 Å². The van der Waals surface area contributed by atoms with E-state index in [1.165, 1.54) is 0 Å². The molecule has 0 saturated carbocycles. The van der Waals surface area contributed by atoms with Gasteiger partial charge in [-0.05, 0) is 0 Å². The van der Waals surface area contributed by atoms with Gasteiger partial charge in [0.25, 0.3) is 0 Å². The van der Waals surface area contributed by atoms with Crippen LogP contribution in [-0.2, 0) is 9.59 Å². The van der Waals surface area contributed by atoms with Crippen LogP contribution in [0.15, 0.2) is 0 Å². The molecule has 0 aromatic rings. The fraction of sp³-hybridized carbons (Fsp3) is 0.500. The van der Waals surface area contributed by atoms with Gasteiger partial charge in [-0.15, -0.1) is 0 Å². The average Bonchev–Trinajstić information content (AvgIpc) is 1.85. The van der Waals surface area contributed by atoms with Crippen molar-refractivity contribution < 1.29 is 9.59 Å². The van der Waals surface area contributed by atoms with Gasteiger partial charge in [-0.25, -0.2) is 0 Å². The molecule has 1 aliphatic rings. The van der Waals surface area contributed by atoms with E-state index in [0.29, 0.717) is 0 Å². The molecule has 4 heteroatoms. The minimum Gasteiger partial charge on any atom is -0.313 e. The van der Waals surface area contributed by atoms with Crippen LogP contribution >= 0.6 is 11.8 Å². The number of hydrogen-bond acceptors (Lipinski definition) is 4. The molecule has 3 nitrogen and oxygen atoms in total. The number of Topliss-reactive ketones (excluding diaryl/α,β-unsaturated/α-hetero) is 1. The highest BCUT2D eigenvalue weighted by molar-refractivity contribution is 8.15. The Hall–Kier alpha value is -0.350. The summed E-state index contributed by atoms with van der Waals surface area (Å²) in [5.41, 5.74) is 5.16. The van der Waals surface area contributed by atoms with Crippen molar-refractivity contribution in [3.63, 3.8) is 0 Å². The zero-order valence-electron chi connectivity index (χ0n) is 4.09. The third-order valence-electron chi connectivity index (χ3n) is 0.894. The van der Waals surface area contributed by atoms with E-state index in [1.807, 2.05) is 0 Å². The molecule has 0 bridgehead atoms. The van der Waals surface area contributed by atoms with Crippen LogP contribution in [0.3, 0.4) is 0 Å². The summed E-state index contributed by atoms with van der Waals surface area (Å²) in [5, 5.41) is -0.690. The van der Waals surface area contributed by atoms with E-state index in [4.69, 9.17) is 5.73 Å². The van der Waals surface area contributed by atoms with E-state index in [2.05, 4.69) is 0 Å². The van der Waals surface area contributed by atoms with E-state index in [9.17, 15) is 9.59 Å². The summed E-state index contributed by atoms with van der Waals surface area (Å²) < 4.78 is 0. The number of carbonyl (C=O) groups is 2. The Kier molecular flexibility index (Phi) is 1.35. The predicted octanol–water partition coefficient (Wildman–Crippen LogP) is -0.496. The van der Waals surface area contributed by atoms with Gasteiger partial charge in [0.05, 0.1) is 6.42 Å². The molecule has 1 rings (SSSR count). The lowest BCUT2D eigenvalue weighted by molar-refractivity contribution is -0.121. The van der Waals surface area contributed by atoms with E-state index in [0.717, 1.165) is 11.8 Å². The van der Waals surface area contributed by atoms with Crippen LogP contribution in [0, 0.1) is 0 Å². The largest absolute Gasteiger partial charge is 0.313 e. The Morgan fingerprint density at radius 2 is 2.25 bits per heavy atom. The second-order valence-electron chi connectivity index (χ2n) is 1.55. The Morgan fingerprint density at radius 3 is 2.38 bits per heavy atom. The van der Waals surface area contributed by atoms with Crippen molar-refractivity contribution in [3.8, 4) is 0 Å². The maximum Gasteiger partial charge on any atom is 0.198 e. The van der Waals surface area contributed by atoms with Gasteiger partial charge in [0, 0.05) is 0 Å². The van der Waals surface area contributed by atoms with Gasteiger partial charge >= 0.3 is 0 Å². The lowest BCUT2D eigenvalue weighted by Crippen LogP contribution is -2.20. The minimum absolute atomic E-state index is 0.0197. The molecule has 1 fully saturated rings. The van der Waals surface area contributed by atoms with Gasteiger partial charge < -0.3 is 5.73 Å². The highest BCUT2D eigenvalue weighted by atomic mass is 32.2. The average molecular weight is 131 g/mol. The van der Waals surface area contributed by atoms with Gasteiger partial charge in [0.15, 0.2) is 10.9 Å². The number of carbonyl (C=O) groups excluding carboxylic acids is 2. The molecule has 1 aliphatic heterocycles. The summed E-state index contributed by atoms with van der Waals surface area (Å²) >= 11 is 0.918. The Labute approximate surface area is 50.6 Å². The second-order valence-corrected chi connectivity index (χ2v) is 2.75. The highest BCUT2D eigenvalue weighted by Crippen LogP contribution is 2.19. The van der Waals surface area contributed by atoms with Crippen LogP contribution in [0.1, 0.15) is 6.42 Å². The molecule has 0 spiro atoms. The van der Waals surface area contributed by atoms with Crippen molar-refractivity contribution in [2.24, 2.45) is 5.73 Å². The second kappa shape index (κ2) is 1.87. The zero-order valence-corrected chi connectivity index (χ0v) is 4.90. The number of ketones is 1. The smallest absolute Gasteiger partial charge is 0.198 e. The first-order valence-corrected chi connectivity index (χ1v) is 3.06. The standard InChI is InChI=1S/C4H5NO2S/c5-4-2(6)1-3(7)8-4/h4H,1,5H2. The first-order valence-electron chi connectivity index (χ1n) is 2.18. The normalized spacial score (nSPS) is 29.4. The predicted molar refractivity (Wildman–Crippen MR) is 30.2 cm³/mol. The summed E-state index contributed by atoms with van der Waals surface area (Å²) in [7, 11) is 0. The first-order chi connectivity index (χ1) is 3.70. The summed E-state index contributed by atoms with van der Waals surface area (Å²) in [6.45, 7) is 0. The molecule has 0 radical (unpaired) electrons. The molecule has 44 valence electrons. The third kappa shape index (κ3) is 0.900. The lowest BCUT2D eigenvalue weighted by Gasteiger charge is -1.90. The van der Waals surface area contributed by atoms with Gasteiger partial charge in [0.2, 0.25) is 0 Å². The molecule has 8 heavy (non-hydrogen) atoms. The monoisotopic (exact) mass is 131 g/mol. The lowest BCUT2D eigenvalue weighted by atomic mass is 10.3. The van der Waals surface area contributed by atoms with Crippen molar-refractivity contribution >= 4 is 22.7 Å². The fourth-order valence-electron chi connectivity index (χ4n) is 0.492. The molecule has 1 atom stereocenters. The van der Waals surface area contributed by atoms with Crippen LogP contribution in [0.25, 0.3) is 0 Å². The van der Waals surface area contributed by atoms with E-state index < -0.39 is 5.37 Å². The summed E-state index contributed by atoms with van der Waals surface area (Å²) in [6.07, 6.45) is 0.0197. The van der Waals surface area contributed by atoms with Gasteiger partial charge in [-0.2, -0.15) is 0 Å². The minimum atomic E-state index is -0.581. The van der Waals surface area contributed by atoms with Crippen LogP contribution in [0.4, 0.5) is 0 Å². The van der Waals surface area contributed by atoms with Crippen molar-refractivity contribution in [1.82, 2.24) is 0 Å². The summed E-state index contributed by atoms with van der Waals surface area (Å²) in [5.74, 6) is -0.153. The van der Waals surface area contributed by atoms with Gasteiger partial charge in [-0.3, -0.25) is 9.59 Å². The third-order valence-corrected chi connectivity index (χ3v) is 1.82. The topological polar surface area (TPSA) is 60.2 Å². The number of hydrogen-bond donors (Lipinski definition) is 1. The Balaban J connectivity index is 2.64. The van der Waals surface area contributed by atoms with Crippen LogP contribution in [-0.4, -0.2) is 16.3 Å². The Bertz CT molecular complexity index is 145. The molecule has 0 aromatic heterocycles. The fourth-order valence-corrected chi connectivity index (χ4v) is 1.22. The Morgan fingerprint density at radius 1 is 1.62 bits per heavy atom. The molecular formula is C4H5NO2S. The maximum absolute atomic E-state index is 10.4. The maximum atomic E-state index is 10.4. The molecule has 1 unspecified atom stereocenters. The SMILES string of the molecule is NC1SC(=O)CC1=O. The highest BCUT2D eigenvalue weighted by Gasteiger charge is 2.27. The molecule has 0 aromatic carbocycles. The number of rotatable bonds is 0. The van der Waals surface area contributed by atoms with Crippen LogP contribution < -0.4 is 5.73 Å². The summed E-state index contributed by atoms with van der Waals surface area (Å²) in [4.78, 5) is 20.7. The molecule has 0 amide bonds. The van der Waals surface area contributed by atoms with Crippen molar-refractivity contribution in [2.45, 2.75) is 11.8 Å².